The number of rotatable bonds is 1. The van der Waals surface area contributed by atoms with Gasteiger partial charge in [-0.3, -0.25) is 0 Å². The van der Waals surface area contributed by atoms with Crippen LogP contribution in [-0.4, -0.2) is 16.1 Å². The largest absolute Gasteiger partial charge is 0.356 e. The van der Waals surface area contributed by atoms with E-state index in [-0.39, 0.29) is 6.04 Å². The summed E-state index contributed by atoms with van der Waals surface area (Å²) in [7, 11) is 0. The fourth-order valence-electron chi connectivity index (χ4n) is 2.39. The lowest BCUT2D eigenvalue weighted by atomic mass is 10.0. The Hall–Kier alpha value is -1.91. The average Bonchev–Trinajstić information content (AvgIpc) is 2.72. The number of aryl methyl sites for hydroxylation is 1. The van der Waals surface area contributed by atoms with Gasteiger partial charge >= 0.3 is 0 Å². The highest BCUT2D eigenvalue weighted by Crippen LogP contribution is 2.30. The van der Waals surface area contributed by atoms with Crippen molar-refractivity contribution in [2.24, 2.45) is 0 Å². The summed E-state index contributed by atoms with van der Waals surface area (Å²) < 4.78 is 28.2. The number of hydrogen-bond donors (Lipinski definition) is 1. The molecule has 0 saturated carbocycles. The molecule has 94 valence electrons. The van der Waals surface area contributed by atoms with Gasteiger partial charge in [-0.1, -0.05) is 6.07 Å². The van der Waals surface area contributed by atoms with Crippen LogP contribution in [0.25, 0.3) is 0 Å². The summed E-state index contributed by atoms with van der Waals surface area (Å²) in [5, 5.41) is 3.19. The summed E-state index contributed by atoms with van der Waals surface area (Å²) in [6.07, 6.45) is 2.75. The predicted molar refractivity (Wildman–Crippen MR) is 64.6 cm³/mol. The Kier molecular flexibility index (Phi) is 2.54. The number of halogens is 2. The van der Waals surface area contributed by atoms with Crippen molar-refractivity contribution in [2.75, 3.05) is 11.9 Å². The topological polar surface area (TPSA) is 29.9 Å². The Balaban J connectivity index is 2.05. The average molecular weight is 249 g/mol. The second-order valence-electron chi connectivity index (χ2n) is 4.52. The first-order chi connectivity index (χ1) is 8.65. The molecule has 0 bridgehead atoms. The molecule has 2 heterocycles. The van der Waals surface area contributed by atoms with Crippen LogP contribution in [0.1, 0.15) is 23.7 Å². The van der Waals surface area contributed by atoms with E-state index >= 15 is 0 Å². The SMILES string of the molecule is Cc1cn2c(n1)NCCC2c1ccc(F)c(F)c1. The second-order valence-corrected chi connectivity index (χ2v) is 4.52. The molecule has 18 heavy (non-hydrogen) atoms. The van der Waals surface area contributed by atoms with Gasteiger partial charge < -0.3 is 9.88 Å². The van der Waals surface area contributed by atoms with Gasteiger partial charge in [0.25, 0.3) is 0 Å². The van der Waals surface area contributed by atoms with E-state index in [1.165, 1.54) is 12.1 Å². The molecule has 0 radical (unpaired) electrons. The van der Waals surface area contributed by atoms with Crippen LogP contribution in [0.2, 0.25) is 0 Å². The molecule has 0 spiro atoms. The van der Waals surface area contributed by atoms with E-state index in [9.17, 15) is 8.78 Å². The van der Waals surface area contributed by atoms with Gasteiger partial charge in [0.15, 0.2) is 11.6 Å². The van der Waals surface area contributed by atoms with E-state index in [0.29, 0.717) is 0 Å². The van der Waals surface area contributed by atoms with Crippen molar-refractivity contribution in [2.45, 2.75) is 19.4 Å². The summed E-state index contributed by atoms with van der Waals surface area (Å²) in [6, 6.07) is 4.09. The highest BCUT2D eigenvalue weighted by Gasteiger charge is 2.22. The van der Waals surface area contributed by atoms with Crippen LogP contribution in [0, 0.1) is 18.6 Å². The second kappa shape index (κ2) is 4.08. The number of nitrogens with one attached hydrogen (secondary N) is 1. The molecule has 0 amide bonds. The fourth-order valence-corrected chi connectivity index (χ4v) is 2.39. The third-order valence-corrected chi connectivity index (χ3v) is 3.22. The van der Waals surface area contributed by atoms with Gasteiger partial charge in [-0.05, 0) is 31.0 Å². The Morgan fingerprint density at radius 2 is 2.17 bits per heavy atom. The molecule has 0 aliphatic carbocycles. The Morgan fingerprint density at radius 1 is 1.33 bits per heavy atom. The van der Waals surface area contributed by atoms with E-state index in [2.05, 4.69) is 10.3 Å². The Morgan fingerprint density at radius 3 is 2.94 bits per heavy atom. The number of aromatic nitrogens is 2. The van der Waals surface area contributed by atoms with E-state index in [1.54, 1.807) is 6.07 Å². The van der Waals surface area contributed by atoms with Gasteiger partial charge in [0, 0.05) is 12.7 Å². The summed E-state index contributed by atoms with van der Waals surface area (Å²) >= 11 is 0. The smallest absolute Gasteiger partial charge is 0.203 e. The number of benzene rings is 1. The highest BCUT2D eigenvalue weighted by molar-refractivity contribution is 5.35. The van der Waals surface area contributed by atoms with Crippen LogP contribution < -0.4 is 5.32 Å². The molecule has 2 aromatic rings. The molecule has 1 atom stereocenters. The van der Waals surface area contributed by atoms with Gasteiger partial charge in [0.1, 0.15) is 0 Å². The molecule has 1 unspecified atom stereocenters. The van der Waals surface area contributed by atoms with Crippen molar-refractivity contribution in [3.8, 4) is 0 Å². The first kappa shape index (κ1) is 11.2. The van der Waals surface area contributed by atoms with Gasteiger partial charge in [0.05, 0.1) is 11.7 Å². The maximum absolute atomic E-state index is 13.3. The molecule has 1 aliphatic heterocycles. The standard InChI is InChI=1S/C13H13F2N3/c1-8-7-18-12(4-5-16-13(18)17-8)9-2-3-10(14)11(15)6-9/h2-3,6-7,12H,4-5H2,1H3,(H,16,17). The third kappa shape index (κ3) is 1.75. The first-order valence-electron chi connectivity index (χ1n) is 5.89. The minimum Gasteiger partial charge on any atom is -0.356 e. The lowest BCUT2D eigenvalue weighted by Gasteiger charge is -2.26. The number of nitrogens with zero attached hydrogens (tertiary/aromatic N) is 2. The maximum Gasteiger partial charge on any atom is 0.203 e. The van der Waals surface area contributed by atoms with Gasteiger partial charge in [-0.2, -0.15) is 0 Å². The van der Waals surface area contributed by atoms with Crippen LogP contribution >= 0.6 is 0 Å². The quantitative estimate of drug-likeness (QED) is 0.842. The predicted octanol–water partition coefficient (Wildman–Crippen LogP) is 2.87. The molecular weight excluding hydrogens is 236 g/mol. The molecule has 3 nitrogen and oxygen atoms in total. The lowest BCUT2D eigenvalue weighted by molar-refractivity contribution is 0.493. The summed E-state index contributed by atoms with van der Waals surface area (Å²) in [6.45, 7) is 2.69. The summed E-state index contributed by atoms with van der Waals surface area (Å²) in [5.41, 5.74) is 1.68. The van der Waals surface area contributed by atoms with Crippen LogP contribution in [0.5, 0.6) is 0 Å². The molecule has 1 aromatic heterocycles. The molecule has 1 aromatic carbocycles. The van der Waals surface area contributed by atoms with E-state index < -0.39 is 11.6 Å². The van der Waals surface area contributed by atoms with Gasteiger partial charge in [-0.15, -0.1) is 0 Å². The first-order valence-corrected chi connectivity index (χ1v) is 5.89. The van der Waals surface area contributed by atoms with Gasteiger partial charge in [0.2, 0.25) is 5.95 Å². The van der Waals surface area contributed by atoms with Crippen LogP contribution in [0.15, 0.2) is 24.4 Å². The van der Waals surface area contributed by atoms with Crippen LogP contribution in [0.3, 0.4) is 0 Å². The third-order valence-electron chi connectivity index (χ3n) is 3.22. The number of hydrogen-bond acceptors (Lipinski definition) is 2. The summed E-state index contributed by atoms with van der Waals surface area (Å²) in [5.74, 6) is -0.826. The number of imidazole rings is 1. The van der Waals surface area contributed by atoms with Crippen molar-refractivity contribution >= 4 is 5.95 Å². The van der Waals surface area contributed by atoms with Crippen molar-refractivity contribution in [1.29, 1.82) is 0 Å². The zero-order valence-electron chi connectivity index (χ0n) is 9.95. The Bertz CT molecular complexity index is 592. The Labute approximate surface area is 103 Å². The monoisotopic (exact) mass is 249 g/mol. The highest BCUT2D eigenvalue weighted by atomic mass is 19.2. The van der Waals surface area contributed by atoms with Gasteiger partial charge in [-0.25, -0.2) is 13.8 Å². The molecule has 1 aliphatic rings. The minimum absolute atomic E-state index is 0.0116. The van der Waals surface area contributed by atoms with Crippen molar-refractivity contribution < 1.29 is 8.78 Å². The molecule has 1 N–H and O–H groups in total. The minimum atomic E-state index is -0.810. The van der Waals surface area contributed by atoms with E-state index in [1.807, 2.05) is 17.7 Å². The van der Waals surface area contributed by atoms with E-state index in [0.717, 1.165) is 30.2 Å². The molecule has 0 saturated heterocycles. The zero-order valence-corrected chi connectivity index (χ0v) is 9.95. The molecular formula is C13H13F2N3. The normalized spacial score (nSPS) is 18.3. The van der Waals surface area contributed by atoms with Crippen LogP contribution in [0.4, 0.5) is 14.7 Å². The summed E-state index contributed by atoms with van der Waals surface area (Å²) in [4.78, 5) is 4.35. The van der Waals surface area contributed by atoms with Crippen molar-refractivity contribution in [3.05, 3.63) is 47.3 Å². The lowest BCUT2D eigenvalue weighted by Crippen LogP contribution is -2.23. The van der Waals surface area contributed by atoms with Crippen LogP contribution in [-0.2, 0) is 0 Å². The zero-order chi connectivity index (χ0) is 12.7. The van der Waals surface area contributed by atoms with Crippen molar-refractivity contribution in [1.82, 2.24) is 9.55 Å². The molecule has 3 rings (SSSR count). The maximum atomic E-state index is 13.3. The number of anilines is 1. The molecule has 0 fully saturated rings. The number of fused-ring (bicyclic) bond motifs is 1. The fraction of sp³-hybridized carbons (Fsp3) is 0.308. The molecule has 5 heteroatoms. The van der Waals surface area contributed by atoms with E-state index in [4.69, 9.17) is 0 Å². The van der Waals surface area contributed by atoms with Crippen molar-refractivity contribution in [3.63, 3.8) is 0 Å².